The van der Waals surface area contributed by atoms with Crippen molar-refractivity contribution in [2.75, 3.05) is 0 Å². The third-order valence-electron chi connectivity index (χ3n) is 1.11. The zero-order valence-corrected chi connectivity index (χ0v) is 11.8. The summed E-state index contributed by atoms with van der Waals surface area (Å²) in [6.45, 7) is 3.27. The van der Waals surface area contributed by atoms with E-state index in [0.717, 1.165) is 0 Å². The zero-order chi connectivity index (χ0) is 9.50. The van der Waals surface area contributed by atoms with Gasteiger partial charge in [0.05, 0.1) is 0 Å². The summed E-state index contributed by atoms with van der Waals surface area (Å²) >= 11 is 0. The summed E-state index contributed by atoms with van der Waals surface area (Å²) in [4.78, 5) is 0. The number of rotatable bonds is 2. The van der Waals surface area contributed by atoms with E-state index in [4.69, 9.17) is 64.1 Å². The van der Waals surface area contributed by atoms with Crippen LogP contribution in [0, 0.1) is 0 Å². The van der Waals surface area contributed by atoms with E-state index in [1.807, 2.05) is 0 Å². The lowest BCUT2D eigenvalue weighted by Gasteiger charge is -2.42. The predicted octanol–water partition coefficient (Wildman–Crippen LogP) is 6.25. The van der Waals surface area contributed by atoms with E-state index >= 15 is 0 Å². The maximum atomic E-state index is 5.69. The second-order valence-electron chi connectivity index (χ2n) is 2.21. The number of halogens is 6. The Morgan fingerprint density at radius 1 is 0.727 bits per heavy atom. The smallest absolute Gasteiger partial charge is 0.0377 e. The van der Waals surface area contributed by atoms with Gasteiger partial charge in [-0.1, -0.05) is 0 Å². The molecule has 0 aromatic carbocycles. The molecule has 0 saturated heterocycles. The van der Waals surface area contributed by atoms with Gasteiger partial charge < -0.3 is 0 Å². The Kier molecular flexibility index (Phi) is 4.76. The van der Waals surface area contributed by atoms with E-state index in [0.29, 0.717) is 0 Å². The van der Waals surface area contributed by atoms with Crippen molar-refractivity contribution in [1.82, 2.24) is 0 Å². The van der Waals surface area contributed by atoms with Crippen LogP contribution in [0.3, 0.4) is 0 Å². The van der Waals surface area contributed by atoms with E-state index in [-0.39, 0.29) is 0 Å². The van der Waals surface area contributed by atoms with Gasteiger partial charge >= 0.3 is 0 Å². The maximum Gasteiger partial charge on any atom is 0.101 e. The van der Waals surface area contributed by atoms with E-state index < -0.39 is 19.4 Å². The van der Waals surface area contributed by atoms with Gasteiger partial charge in [0, 0.05) is 15.3 Å². The van der Waals surface area contributed by atoms with Crippen molar-refractivity contribution >= 4 is 79.4 Å². The molecule has 0 nitrogen and oxygen atoms in total. The first-order valence-electron chi connectivity index (χ1n) is 2.33. The van der Waals surface area contributed by atoms with Crippen LogP contribution in [-0.2, 0) is 0 Å². The fourth-order valence-corrected chi connectivity index (χ4v) is 8.68. The van der Waals surface area contributed by atoms with Gasteiger partial charge in [0.15, 0.2) is 0 Å². The maximum absolute atomic E-state index is 5.69. The second-order valence-corrected chi connectivity index (χ2v) is 17.3. The minimum absolute atomic E-state index is 0.866. The molecule has 0 atom stereocenters. The van der Waals surface area contributed by atoms with Crippen LogP contribution in [0.4, 0.5) is 0 Å². The van der Waals surface area contributed by atoms with Crippen LogP contribution in [0.15, 0.2) is 0 Å². The summed E-state index contributed by atoms with van der Waals surface area (Å²) in [7, 11) is 29.3. The molecule has 0 unspecified atom stereocenters. The molecule has 0 radical (unpaired) electrons. The predicted molar refractivity (Wildman–Crippen MR) is 64.4 cm³/mol. The lowest BCUT2D eigenvalue weighted by atomic mass is 10.5. The molecule has 0 amide bonds. The first-order chi connectivity index (χ1) is 4.50. The largest absolute Gasteiger partial charge is 0.101 e. The van der Waals surface area contributed by atoms with Gasteiger partial charge in [0.1, 0.15) is 4.08 Å². The Bertz CT molecular complexity index is 127. The standard InChI is InChI=1S/C3H6Cl6S2/c1-3(2,10(4,5)6)11(7,8)9/h1-2H3. The Labute approximate surface area is 96.4 Å². The average molecular weight is 319 g/mol. The average Bonchev–Trinajstić information content (AvgIpc) is 1.58. The quantitative estimate of drug-likeness (QED) is 0.564. The van der Waals surface area contributed by atoms with Gasteiger partial charge in [-0.25, -0.2) is 0 Å². The van der Waals surface area contributed by atoms with Crippen molar-refractivity contribution in [2.24, 2.45) is 0 Å². The van der Waals surface area contributed by atoms with Gasteiger partial charge in [-0.15, -0.1) is 0 Å². The van der Waals surface area contributed by atoms with E-state index in [9.17, 15) is 0 Å². The van der Waals surface area contributed by atoms with E-state index in [1.54, 1.807) is 13.8 Å². The van der Waals surface area contributed by atoms with Crippen molar-refractivity contribution in [1.29, 1.82) is 0 Å². The minimum atomic E-state index is -2.40. The number of hydrogen-bond donors (Lipinski definition) is 0. The van der Waals surface area contributed by atoms with Gasteiger partial charge in [-0.2, -0.15) is 0 Å². The Morgan fingerprint density at radius 3 is 0.909 bits per heavy atom. The van der Waals surface area contributed by atoms with Crippen LogP contribution in [0.2, 0.25) is 0 Å². The molecular formula is C3H6Cl6S2. The summed E-state index contributed by atoms with van der Waals surface area (Å²) < 4.78 is -0.866. The molecule has 0 fully saturated rings. The van der Waals surface area contributed by atoms with Gasteiger partial charge in [-0.05, 0) is 77.9 Å². The van der Waals surface area contributed by atoms with Crippen LogP contribution in [0.25, 0.3) is 0 Å². The molecule has 0 aliphatic rings. The van der Waals surface area contributed by atoms with Gasteiger partial charge in [-0.3, -0.25) is 0 Å². The molecule has 0 aliphatic carbocycles. The molecule has 0 aliphatic heterocycles. The highest BCUT2D eigenvalue weighted by Crippen LogP contribution is 2.88. The minimum Gasteiger partial charge on any atom is -0.0377 e. The third kappa shape index (κ3) is 3.25. The monoisotopic (exact) mass is 316 g/mol. The van der Waals surface area contributed by atoms with Crippen LogP contribution < -0.4 is 0 Å². The summed E-state index contributed by atoms with van der Waals surface area (Å²) in [5, 5.41) is 0. The summed E-state index contributed by atoms with van der Waals surface area (Å²) in [5.74, 6) is 0. The lowest BCUT2D eigenvalue weighted by Crippen LogP contribution is -2.18. The van der Waals surface area contributed by atoms with Gasteiger partial charge in [0.25, 0.3) is 0 Å². The van der Waals surface area contributed by atoms with Crippen molar-refractivity contribution in [2.45, 2.75) is 17.9 Å². The molecule has 8 heteroatoms. The molecule has 0 bridgehead atoms. The van der Waals surface area contributed by atoms with Crippen molar-refractivity contribution in [3.63, 3.8) is 0 Å². The SMILES string of the molecule is CC(C)(S(Cl)(Cl)Cl)S(Cl)(Cl)Cl. The van der Waals surface area contributed by atoms with E-state index in [2.05, 4.69) is 0 Å². The molecular weight excluding hydrogens is 313 g/mol. The van der Waals surface area contributed by atoms with Crippen molar-refractivity contribution in [3.05, 3.63) is 0 Å². The van der Waals surface area contributed by atoms with Crippen LogP contribution in [0.5, 0.6) is 0 Å². The first-order valence-corrected chi connectivity index (χ1v) is 10.6. The van der Waals surface area contributed by atoms with Crippen molar-refractivity contribution in [3.8, 4) is 0 Å². The molecule has 11 heavy (non-hydrogen) atoms. The molecule has 72 valence electrons. The van der Waals surface area contributed by atoms with Crippen molar-refractivity contribution < 1.29 is 0 Å². The molecule has 0 N–H and O–H groups in total. The number of hydrogen-bond acceptors (Lipinski definition) is 0. The Balaban J connectivity index is 4.75. The van der Waals surface area contributed by atoms with Crippen LogP contribution in [0.1, 0.15) is 13.8 Å². The Morgan fingerprint density at radius 2 is 0.909 bits per heavy atom. The van der Waals surface area contributed by atoms with Crippen LogP contribution >= 0.6 is 79.4 Å². The summed E-state index contributed by atoms with van der Waals surface area (Å²) in [6, 6.07) is 0. The summed E-state index contributed by atoms with van der Waals surface area (Å²) in [6.07, 6.45) is 0. The first kappa shape index (κ1) is 13.4. The summed E-state index contributed by atoms with van der Waals surface area (Å²) in [5.41, 5.74) is 0. The Hall–Kier alpha value is 2.44. The third-order valence-corrected chi connectivity index (χ3v) is 13.4. The van der Waals surface area contributed by atoms with Gasteiger partial charge in [0.2, 0.25) is 0 Å². The molecule has 0 saturated carbocycles. The highest BCUT2D eigenvalue weighted by Gasteiger charge is 2.48. The normalized spacial score (nSPS) is 18.2. The lowest BCUT2D eigenvalue weighted by molar-refractivity contribution is 1.03. The fourth-order valence-electron chi connectivity index (χ4n) is 0.107. The van der Waals surface area contributed by atoms with Crippen LogP contribution in [-0.4, -0.2) is 4.08 Å². The topological polar surface area (TPSA) is 0 Å². The second kappa shape index (κ2) is 3.90. The fraction of sp³-hybridized carbons (Fsp3) is 1.00. The molecule has 0 heterocycles. The van der Waals surface area contributed by atoms with E-state index in [1.165, 1.54) is 0 Å². The highest BCUT2D eigenvalue weighted by molar-refractivity contribution is 8.92. The zero-order valence-electron chi connectivity index (χ0n) is 5.58. The molecule has 0 aromatic rings. The molecule has 0 rings (SSSR count). The molecule has 0 spiro atoms. The highest BCUT2D eigenvalue weighted by atomic mass is 36.2. The molecule has 0 aromatic heterocycles.